The number of carbonyl (C=O) groups is 1. The quantitative estimate of drug-likeness (QED) is 0.831. The molecule has 3 aliphatic heterocycles. The number of hydrogen-bond donors (Lipinski definition) is 1. The number of piperidine rings is 1. The van der Waals surface area contributed by atoms with Crippen molar-refractivity contribution in [3.05, 3.63) is 18.2 Å². The van der Waals surface area contributed by atoms with Crippen LogP contribution in [0, 0.1) is 0 Å². The second-order valence-electron chi connectivity index (χ2n) is 7.41. The van der Waals surface area contributed by atoms with Gasteiger partial charge in [0.05, 0.1) is 0 Å². The third kappa shape index (κ3) is 4.29. The minimum Gasteiger partial charge on any atom is -0.454 e. The van der Waals surface area contributed by atoms with Crippen LogP contribution in [0.3, 0.4) is 0 Å². The zero-order chi connectivity index (χ0) is 18.6. The molecule has 1 unspecified atom stereocenters. The summed E-state index contributed by atoms with van der Waals surface area (Å²) in [6, 6.07) is 6.86. The Bertz CT molecular complexity index is 664. The number of urea groups is 1. The lowest BCUT2D eigenvalue weighted by Crippen LogP contribution is -2.49. The van der Waals surface area contributed by atoms with Crippen molar-refractivity contribution in [3.63, 3.8) is 0 Å². The second kappa shape index (κ2) is 8.61. The van der Waals surface area contributed by atoms with Crippen molar-refractivity contribution in [3.8, 4) is 11.5 Å². The smallest absolute Gasteiger partial charge is 0.321 e. The van der Waals surface area contributed by atoms with Crippen LogP contribution in [0.25, 0.3) is 0 Å². The van der Waals surface area contributed by atoms with Crippen molar-refractivity contribution in [2.75, 3.05) is 43.2 Å². The van der Waals surface area contributed by atoms with Gasteiger partial charge in [0, 0.05) is 42.7 Å². The fourth-order valence-corrected chi connectivity index (χ4v) is 5.21. The van der Waals surface area contributed by atoms with Crippen LogP contribution in [0.2, 0.25) is 0 Å². The first kappa shape index (κ1) is 18.7. The van der Waals surface area contributed by atoms with Crippen LogP contribution in [-0.2, 0) is 0 Å². The number of ether oxygens (including phenoxy) is 2. The van der Waals surface area contributed by atoms with Gasteiger partial charge in [-0.2, -0.15) is 11.8 Å². The van der Waals surface area contributed by atoms with Crippen LogP contribution in [0.1, 0.15) is 32.6 Å². The molecule has 2 fully saturated rings. The lowest BCUT2D eigenvalue weighted by Gasteiger charge is -2.39. The first-order chi connectivity index (χ1) is 13.2. The van der Waals surface area contributed by atoms with Gasteiger partial charge in [-0.15, -0.1) is 0 Å². The second-order valence-corrected chi connectivity index (χ2v) is 8.73. The minimum absolute atomic E-state index is 0.0215. The SMILES string of the molecule is CCSCC1CCCN1C1CCN(C(=O)Nc2ccc3c(c2)OCO3)CC1. The molecule has 3 heterocycles. The maximum Gasteiger partial charge on any atom is 0.321 e. The zero-order valence-corrected chi connectivity index (χ0v) is 16.8. The van der Waals surface area contributed by atoms with E-state index in [-0.39, 0.29) is 12.8 Å². The van der Waals surface area contributed by atoms with Crippen LogP contribution in [0.15, 0.2) is 18.2 Å². The fourth-order valence-electron chi connectivity index (χ4n) is 4.35. The molecule has 4 rings (SSSR count). The summed E-state index contributed by atoms with van der Waals surface area (Å²) in [5.74, 6) is 3.87. The number of anilines is 1. The van der Waals surface area contributed by atoms with Crippen molar-refractivity contribution in [2.45, 2.75) is 44.7 Å². The number of likely N-dealkylation sites (tertiary alicyclic amines) is 2. The molecule has 0 aromatic heterocycles. The Morgan fingerprint density at radius 3 is 2.81 bits per heavy atom. The lowest BCUT2D eigenvalue weighted by atomic mass is 10.0. The Balaban J connectivity index is 1.28. The topological polar surface area (TPSA) is 54.0 Å². The van der Waals surface area contributed by atoms with E-state index in [9.17, 15) is 4.79 Å². The maximum atomic E-state index is 12.6. The van der Waals surface area contributed by atoms with Crippen LogP contribution in [0.4, 0.5) is 10.5 Å². The number of rotatable bonds is 5. The molecular formula is C20H29N3O3S. The number of nitrogens with one attached hydrogen (secondary N) is 1. The Labute approximate surface area is 165 Å². The average molecular weight is 392 g/mol. The highest BCUT2D eigenvalue weighted by Gasteiger charge is 2.33. The third-order valence-corrected chi connectivity index (χ3v) is 6.81. The summed E-state index contributed by atoms with van der Waals surface area (Å²) in [5, 5.41) is 3.00. The van der Waals surface area contributed by atoms with Gasteiger partial charge in [0.25, 0.3) is 0 Å². The van der Waals surface area contributed by atoms with E-state index in [1.165, 1.54) is 30.9 Å². The molecule has 27 heavy (non-hydrogen) atoms. The van der Waals surface area contributed by atoms with Gasteiger partial charge >= 0.3 is 6.03 Å². The van der Waals surface area contributed by atoms with Gasteiger partial charge in [-0.3, -0.25) is 4.90 Å². The normalized spacial score (nSPS) is 23.0. The number of hydrogen-bond acceptors (Lipinski definition) is 5. The molecule has 1 aromatic rings. The highest BCUT2D eigenvalue weighted by Crippen LogP contribution is 2.34. The van der Waals surface area contributed by atoms with E-state index < -0.39 is 0 Å². The molecule has 6 nitrogen and oxygen atoms in total. The van der Waals surface area contributed by atoms with Gasteiger partial charge in [-0.05, 0) is 50.1 Å². The summed E-state index contributed by atoms with van der Waals surface area (Å²) in [6.45, 7) is 5.36. The fraction of sp³-hybridized carbons (Fsp3) is 0.650. The number of carbonyl (C=O) groups excluding carboxylic acids is 1. The Morgan fingerprint density at radius 1 is 1.19 bits per heavy atom. The third-order valence-electron chi connectivity index (χ3n) is 5.78. The van der Waals surface area contributed by atoms with Crippen molar-refractivity contribution < 1.29 is 14.3 Å². The first-order valence-corrected chi connectivity index (χ1v) is 11.2. The van der Waals surface area contributed by atoms with Gasteiger partial charge < -0.3 is 19.7 Å². The molecule has 3 aliphatic rings. The molecule has 7 heteroatoms. The predicted octanol–water partition coefficient (Wildman–Crippen LogP) is 3.63. The van der Waals surface area contributed by atoms with Crippen molar-refractivity contribution in [2.24, 2.45) is 0 Å². The molecule has 0 saturated carbocycles. The Morgan fingerprint density at radius 2 is 2.00 bits per heavy atom. The minimum atomic E-state index is -0.0215. The zero-order valence-electron chi connectivity index (χ0n) is 16.0. The highest BCUT2D eigenvalue weighted by molar-refractivity contribution is 7.99. The average Bonchev–Trinajstić information content (AvgIpc) is 3.35. The van der Waals surface area contributed by atoms with Crippen LogP contribution in [0.5, 0.6) is 11.5 Å². The summed E-state index contributed by atoms with van der Waals surface area (Å²) in [5.41, 5.74) is 0.752. The van der Waals surface area contributed by atoms with Crippen LogP contribution in [-0.4, -0.2) is 65.8 Å². The number of amides is 2. The van der Waals surface area contributed by atoms with E-state index in [0.29, 0.717) is 11.8 Å². The van der Waals surface area contributed by atoms with Gasteiger partial charge in [0.1, 0.15) is 0 Å². The molecule has 1 atom stereocenters. The Kier molecular flexibility index (Phi) is 5.98. The first-order valence-electron chi connectivity index (χ1n) is 10.0. The summed E-state index contributed by atoms with van der Waals surface area (Å²) >= 11 is 2.05. The molecule has 0 radical (unpaired) electrons. The van der Waals surface area contributed by atoms with Gasteiger partial charge in [-0.1, -0.05) is 6.92 Å². The molecule has 148 valence electrons. The van der Waals surface area contributed by atoms with E-state index in [1.807, 2.05) is 23.1 Å². The maximum absolute atomic E-state index is 12.6. The Hall–Kier alpha value is -1.60. The van der Waals surface area contributed by atoms with E-state index in [2.05, 4.69) is 28.9 Å². The molecule has 0 spiro atoms. The standard InChI is InChI=1S/C20H29N3O3S/c1-2-27-13-17-4-3-9-23(17)16-7-10-22(11-8-16)20(24)21-15-5-6-18-19(12-15)26-14-25-18/h5-6,12,16-17H,2-4,7-11,13-14H2,1H3,(H,21,24). The molecule has 0 aliphatic carbocycles. The summed E-state index contributed by atoms with van der Waals surface area (Å²) in [6.07, 6.45) is 4.79. The predicted molar refractivity (Wildman–Crippen MR) is 109 cm³/mol. The molecule has 0 bridgehead atoms. The monoisotopic (exact) mass is 391 g/mol. The van der Waals surface area contributed by atoms with E-state index in [4.69, 9.17) is 9.47 Å². The van der Waals surface area contributed by atoms with E-state index in [1.54, 1.807) is 0 Å². The number of nitrogens with zero attached hydrogens (tertiary/aromatic N) is 2. The van der Waals surface area contributed by atoms with E-state index in [0.717, 1.165) is 43.4 Å². The molecule has 2 saturated heterocycles. The molecule has 1 N–H and O–H groups in total. The van der Waals surface area contributed by atoms with Gasteiger partial charge in [0.2, 0.25) is 6.79 Å². The van der Waals surface area contributed by atoms with Gasteiger partial charge in [-0.25, -0.2) is 4.79 Å². The number of thioether (sulfide) groups is 1. The summed E-state index contributed by atoms with van der Waals surface area (Å²) < 4.78 is 10.7. The molecule has 2 amide bonds. The number of benzene rings is 1. The largest absolute Gasteiger partial charge is 0.454 e. The molecule has 1 aromatic carbocycles. The molecular weight excluding hydrogens is 362 g/mol. The lowest BCUT2D eigenvalue weighted by molar-refractivity contribution is 0.118. The number of fused-ring (bicyclic) bond motifs is 1. The van der Waals surface area contributed by atoms with Crippen molar-refractivity contribution >= 4 is 23.5 Å². The summed E-state index contributed by atoms with van der Waals surface area (Å²) in [7, 11) is 0. The van der Waals surface area contributed by atoms with E-state index >= 15 is 0 Å². The van der Waals surface area contributed by atoms with Gasteiger partial charge in [0.15, 0.2) is 11.5 Å². The van der Waals surface area contributed by atoms with Crippen LogP contribution >= 0.6 is 11.8 Å². The highest BCUT2D eigenvalue weighted by atomic mass is 32.2. The van der Waals surface area contributed by atoms with Crippen molar-refractivity contribution in [1.29, 1.82) is 0 Å². The van der Waals surface area contributed by atoms with Crippen molar-refractivity contribution in [1.82, 2.24) is 9.80 Å². The summed E-state index contributed by atoms with van der Waals surface area (Å²) in [4.78, 5) is 17.3. The van der Waals surface area contributed by atoms with Crippen LogP contribution < -0.4 is 14.8 Å².